The fourth-order valence-corrected chi connectivity index (χ4v) is 1.67. The molecule has 2 N–H and O–H groups in total. The molecule has 16 heavy (non-hydrogen) atoms. The summed E-state index contributed by atoms with van der Waals surface area (Å²) in [7, 11) is 1.63. The van der Waals surface area contributed by atoms with Gasteiger partial charge in [-0.1, -0.05) is 39.0 Å². The number of hydrogen-bond donors (Lipinski definition) is 1. The zero-order valence-electron chi connectivity index (χ0n) is 10.8. The molecule has 0 aromatic carbocycles. The predicted octanol–water partition coefficient (Wildman–Crippen LogP) is 2.67. The second kappa shape index (κ2) is 11.1. The van der Waals surface area contributed by atoms with E-state index >= 15 is 0 Å². The molecule has 1 atom stereocenters. The minimum atomic E-state index is -0.324. The second-order valence-electron chi connectivity index (χ2n) is 4.37. The van der Waals surface area contributed by atoms with Crippen molar-refractivity contribution in [3.63, 3.8) is 0 Å². The number of Topliss-reactive ketones (excluding diaryl/α,β-unsaturated/α-hetero) is 1. The number of unbranched alkanes of at least 4 members (excludes halogenated alkanes) is 5. The Balaban J connectivity index is 3.35. The lowest BCUT2D eigenvalue weighted by Gasteiger charge is -2.09. The Morgan fingerprint density at radius 2 is 1.81 bits per heavy atom. The topological polar surface area (TPSA) is 52.3 Å². The molecule has 0 spiro atoms. The third kappa shape index (κ3) is 8.86. The van der Waals surface area contributed by atoms with Gasteiger partial charge in [-0.3, -0.25) is 4.79 Å². The molecule has 0 aliphatic rings. The summed E-state index contributed by atoms with van der Waals surface area (Å²) in [5, 5.41) is 0. The fraction of sp³-hybridized carbons (Fsp3) is 0.923. The van der Waals surface area contributed by atoms with Crippen molar-refractivity contribution < 1.29 is 9.53 Å². The lowest BCUT2D eigenvalue weighted by Crippen LogP contribution is -2.31. The molecule has 0 aliphatic carbocycles. The van der Waals surface area contributed by atoms with Crippen LogP contribution in [0, 0.1) is 0 Å². The van der Waals surface area contributed by atoms with Crippen LogP contribution in [0.25, 0.3) is 0 Å². The molecule has 0 heterocycles. The van der Waals surface area contributed by atoms with E-state index in [0.717, 1.165) is 12.8 Å². The molecule has 0 fully saturated rings. The molecule has 0 radical (unpaired) electrons. The highest BCUT2D eigenvalue weighted by atomic mass is 16.5. The van der Waals surface area contributed by atoms with Crippen molar-refractivity contribution in [2.75, 3.05) is 13.7 Å². The van der Waals surface area contributed by atoms with Crippen molar-refractivity contribution in [1.29, 1.82) is 0 Å². The predicted molar refractivity (Wildman–Crippen MR) is 67.5 cm³/mol. The Morgan fingerprint density at radius 3 is 2.44 bits per heavy atom. The molecule has 3 nitrogen and oxygen atoms in total. The quantitative estimate of drug-likeness (QED) is 0.554. The van der Waals surface area contributed by atoms with Crippen LogP contribution in [-0.4, -0.2) is 25.5 Å². The van der Waals surface area contributed by atoms with Crippen LogP contribution in [0.3, 0.4) is 0 Å². The van der Waals surface area contributed by atoms with E-state index in [1.807, 2.05) is 0 Å². The van der Waals surface area contributed by atoms with Crippen molar-refractivity contribution in [1.82, 2.24) is 0 Å². The van der Waals surface area contributed by atoms with Crippen LogP contribution in [0.15, 0.2) is 0 Å². The summed E-state index contributed by atoms with van der Waals surface area (Å²) in [6.07, 6.45) is 8.53. The zero-order valence-corrected chi connectivity index (χ0v) is 10.8. The van der Waals surface area contributed by atoms with Crippen LogP contribution in [0.2, 0.25) is 0 Å². The first-order chi connectivity index (χ1) is 7.72. The average Bonchev–Trinajstić information content (AvgIpc) is 2.30. The molecule has 0 bridgehead atoms. The summed E-state index contributed by atoms with van der Waals surface area (Å²) in [5.41, 5.74) is 5.74. The number of carbonyl (C=O) groups excluding carboxylic acids is 1. The Hall–Kier alpha value is -0.410. The third-order valence-corrected chi connectivity index (χ3v) is 2.82. The van der Waals surface area contributed by atoms with E-state index in [9.17, 15) is 4.79 Å². The minimum Gasteiger partial charge on any atom is -0.385 e. The van der Waals surface area contributed by atoms with E-state index < -0.39 is 0 Å². The second-order valence-corrected chi connectivity index (χ2v) is 4.37. The molecule has 0 saturated carbocycles. The van der Waals surface area contributed by atoms with Gasteiger partial charge < -0.3 is 10.5 Å². The van der Waals surface area contributed by atoms with Crippen LogP contribution in [0.4, 0.5) is 0 Å². The highest BCUT2D eigenvalue weighted by molar-refractivity contribution is 5.83. The molecular weight excluding hydrogens is 202 g/mol. The largest absolute Gasteiger partial charge is 0.385 e. The van der Waals surface area contributed by atoms with Gasteiger partial charge in [0.15, 0.2) is 0 Å². The van der Waals surface area contributed by atoms with E-state index in [0.29, 0.717) is 19.4 Å². The Kier molecular flexibility index (Phi) is 10.8. The number of ketones is 1. The SMILES string of the molecule is CCCCCCCCC(=O)C(N)CCOC. The first-order valence-corrected chi connectivity index (χ1v) is 6.49. The summed E-state index contributed by atoms with van der Waals surface area (Å²) in [6.45, 7) is 2.78. The van der Waals surface area contributed by atoms with Gasteiger partial charge in [-0.15, -0.1) is 0 Å². The van der Waals surface area contributed by atoms with Gasteiger partial charge in [0.2, 0.25) is 0 Å². The normalized spacial score (nSPS) is 12.7. The molecular formula is C13H27NO2. The van der Waals surface area contributed by atoms with Gasteiger partial charge in [-0.05, 0) is 12.8 Å². The van der Waals surface area contributed by atoms with E-state index in [1.165, 1.54) is 25.7 Å². The molecule has 0 aromatic rings. The zero-order chi connectivity index (χ0) is 12.2. The highest BCUT2D eigenvalue weighted by Gasteiger charge is 2.11. The molecule has 96 valence electrons. The number of ether oxygens (including phenoxy) is 1. The molecule has 0 aliphatic heterocycles. The Labute approximate surface area is 99.7 Å². The van der Waals surface area contributed by atoms with Crippen molar-refractivity contribution in [3.8, 4) is 0 Å². The van der Waals surface area contributed by atoms with Gasteiger partial charge >= 0.3 is 0 Å². The molecule has 0 rings (SSSR count). The summed E-state index contributed by atoms with van der Waals surface area (Å²) in [4.78, 5) is 11.6. The summed E-state index contributed by atoms with van der Waals surface area (Å²) >= 11 is 0. The standard InChI is InChI=1S/C13H27NO2/c1-3-4-5-6-7-8-9-13(15)12(14)10-11-16-2/h12H,3-11,14H2,1-2H3. The maximum atomic E-state index is 11.6. The van der Waals surface area contributed by atoms with Crippen molar-refractivity contribution in [3.05, 3.63) is 0 Å². The van der Waals surface area contributed by atoms with Crippen molar-refractivity contribution in [2.24, 2.45) is 5.73 Å². The fourth-order valence-electron chi connectivity index (χ4n) is 1.67. The van der Waals surface area contributed by atoms with Gasteiger partial charge in [0.1, 0.15) is 5.78 Å². The Bertz CT molecular complexity index is 171. The summed E-state index contributed by atoms with van der Waals surface area (Å²) in [6, 6.07) is -0.324. The lowest BCUT2D eigenvalue weighted by molar-refractivity contribution is -0.120. The molecule has 1 unspecified atom stereocenters. The number of carbonyl (C=O) groups is 1. The van der Waals surface area contributed by atoms with E-state index in [4.69, 9.17) is 10.5 Å². The van der Waals surface area contributed by atoms with Crippen LogP contribution in [0.1, 0.15) is 58.3 Å². The van der Waals surface area contributed by atoms with Crippen LogP contribution in [0.5, 0.6) is 0 Å². The number of rotatable bonds is 11. The van der Waals surface area contributed by atoms with Gasteiger partial charge in [-0.25, -0.2) is 0 Å². The monoisotopic (exact) mass is 229 g/mol. The van der Waals surface area contributed by atoms with Gasteiger partial charge in [0, 0.05) is 20.1 Å². The van der Waals surface area contributed by atoms with Crippen LogP contribution < -0.4 is 5.73 Å². The van der Waals surface area contributed by atoms with Gasteiger partial charge in [0.25, 0.3) is 0 Å². The smallest absolute Gasteiger partial charge is 0.149 e. The molecule has 0 saturated heterocycles. The van der Waals surface area contributed by atoms with Gasteiger partial charge in [-0.2, -0.15) is 0 Å². The van der Waals surface area contributed by atoms with Crippen LogP contribution in [-0.2, 0) is 9.53 Å². The van der Waals surface area contributed by atoms with E-state index in [1.54, 1.807) is 7.11 Å². The Morgan fingerprint density at radius 1 is 1.19 bits per heavy atom. The molecule has 3 heteroatoms. The highest BCUT2D eigenvalue weighted by Crippen LogP contribution is 2.08. The maximum Gasteiger partial charge on any atom is 0.149 e. The maximum absolute atomic E-state index is 11.6. The van der Waals surface area contributed by atoms with Crippen LogP contribution >= 0.6 is 0 Å². The summed E-state index contributed by atoms with van der Waals surface area (Å²) < 4.78 is 4.90. The minimum absolute atomic E-state index is 0.188. The lowest BCUT2D eigenvalue weighted by atomic mass is 10.0. The van der Waals surface area contributed by atoms with Gasteiger partial charge in [0.05, 0.1) is 6.04 Å². The molecule has 0 aromatic heterocycles. The molecule has 0 amide bonds. The van der Waals surface area contributed by atoms with E-state index in [-0.39, 0.29) is 11.8 Å². The summed E-state index contributed by atoms with van der Waals surface area (Å²) in [5.74, 6) is 0.188. The van der Waals surface area contributed by atoms with Crippen molar-refractivity contribution >= 4 is 5.78 Å². The first kappa shape index (κ1) is 15.6. The van der Waals surface area contributed by atoms with Crippen molar-refractivity contribution in [2.45, 2.75) is 64.3 Å². The third-order valence-electron chi connectivity index (χ3n) is 2.82. The van der Waals surface area contributed by atoms with E-state index in [2.05, 4.69) is 6.92 Å². The number of methoxy groups -OCH3 is 1. The number of nitrogens with two attached hydrogens (primary N) is 1. The number of hydrogen-bond acceptors (Lipinski definition) is 3. The first-order valence-electron chi connectivity index (χ1n) is 6.49. The average molecular weight is 229 g/mol.